The second-order valence-corrected chi connectivity index (χ2v) is 0.250. The summed E-state index contributed by atoms with van der Waals surface area (Å²) in [5.41, 5.74) is 0. The average Bonchev–Trinajstić information content (AvgIpc) is 0.811. The monoisotopic (exact) mass is 262 g/mol. The van der Waals surface area contributed by atoms with Gasteiger partial charge in [0.1, 0.15) is 0 Å². The average molecular weight is 263 g/mol. The molecular weight excluding hydrogens is 255 g/mol. The van der Waals surface area contributed by atoms with Gasteiger partial charge in [-0.1, -0.05) is 0 Å². The zero-order valence-electron chi connectivity index (χ0n) is 4.75. The maximum absolute atomic E-state index is 8.33. The fourth-order valence-corrected chi connectivity index (χ4v) is 0. The molecule has 0 bridgehead atoms. The predicted molar refractivity (Wildman–Crippen MR) is 26.5 cm³/mol. The fourth-order valence-electron chi connectivity index (χ4n) is 0. The van der Waals surface area contributed by atoms with Gasteiger partial charge in [-0.25, -0.2) is 0 Å². The van der Waals surface area contributed by atoms with Crippen LogP contribution >= 0.6 is 0 Å². The molecule has 0 aromatic rings. The predicted octanol–water partition coefficient (Wildman–Crippen LogP) is -2.58. The van der Waals surface area contributed by atoms with Crippen molar-refractivity contribution in [1.29, 1.82) is 0 Å². The SMILES string of the molecule is O=C([O-])[O-].[Br-].[Co+3].[NH2-].[NH2-].[NH2-].[NH2-]. The maximum Gasteiger partial charge on any atom is 3.00 e. The minimum absolute atomic E-state index is 0. The number of halogens is 1. The van der Waals surface area contributed by atoms with Crippen molar-refractivity contribution < 1.29 is 48.8 Å². The van der Waals surface area contributed by atoms with Gasteiger partial charge in [-0.3, -0.25) is 0 Å². The normalized spacial score (nSPS) is 2.40. The fraction of sp³-hybridized carbons (Fsp3) is 0. The van der Waals surface area contributed by atoms with Crippen LogP contribution in [0.4, 0.5) is 4.79 Å². The van der Waals surface area contributed by atoms with E-state index in [0.717, 1.165) is 0 Å². The first-order valence-corrected chi connectivity index (χ1v) is 0.612. The van der Waals surface area contributed by atoms with Crippen LogP contribution in [0.3, 0.4) is 0 Å². The smallest absolute Gasteiger partial charge is 1.00 e. The minimum atomic E-state index is -2.33. The van der Waals surface area contributed by atoms with E-state index in [4.69, 9.17) is 15.0 Å². The number of hydrogen-bond acceptors (Lipinski definition) is 3. The Labute approximate surface area is 79.9 Å². The number of rotatable bonds is 0. The molecule has 0 amide bonds. The van der Waals surface area contributed by atoms with Crippen molar-refractivity contribution in [1.82, 2.24) is 0 Å². The van der Waals surface area contributed by atoms with Gasteiger partial charge in [-0.2, -0.15) is 0 Å². The molecule has 0 aromatic heterocycles. The number of carbonyl (C=O) groups excluding carboxylic acids is 1. The van der Waals surface area contributed by atoms with Crippen LogP contribution in [0.2, 0.25) is 0 Å². The van der Waals surface area contributed by atoms with Crippen LogP contribution in [0.1, 0.15) is 0 Å². The topological polar surface area (TPSA) is 197 Å². The quantitative estimate of drug-likeness (QED) is 0.463. The summed E-state index contributed by atoms with van der Waals surface area (Å²) in [6, 6.07) is 0. The van der Waals surface area contributed by atoms with Crippen LogP contribution in [-0.4, -0.2) is 6.16 Å². The van der Waals surface area contributed by atoms with Crippen molar-refractivity contribution in [2.45, 2.75) is 0 Å². The third-order valence-corrected chi connectivity index (χ3v) is 0. The molecule has 0 heterocycles. The van der Waals surface area contributed by atoms with Crippen molar-refractivity contribution in [2.24, 2.45) is 0 Å². The number of carbonyl (C=O) groups is 1. The Morgan fingerprint density at radius 1 is 0.900 bits per heavy atom. The Morgan fingerprint density at radius 2 is 0.900 bits per heavy atom. The van der Waals surface area contributed by atoms with Gasteiger partial charge in [0.15, 0.2) is 0 Å². The Balaban J connectivity index is -0.00000000300. The van der Waals surface area contributed by atoms with Crippen LogP contribution in [0.15, 0.2) is 0 Å². The Hall–Kier alpha value is 0.0965. The van der Waals surface area contributed by atoms with Crippen LogP contribution in [0.5, 0.6) is 0 Å². The standard InChI is InChI=1S/CH2O3.BrH.Co.4H2N/c2-1(3)4;;;;;;/h(H2,2,3,4);1H;;4*1H2/q;;+3;4*-1/p-3. The molecule has 0 aliphatic rings. The van der Waals surface area contributed by atoms with E-state index in [0.29, 0.717) is 0 Å². The molecule has 7 nitrogen and oxygen atoms in total. The number of nitrogens with two attached hydrogens (primary N) is 4. The summed E-state index contributed by atoms with van der Waals surface area (Å²) in [6.07, 6.45) is -2.33. The Bertz CT molecular complexity index is 43.5. The molecule has 0 aliphatic carbocycles. The molecule has 0 aromatic carbocycles. The van der Waals surface area contributed by atoms with Crippen molar-refractivity contribution in [3.8, 4) is 0 Å². The van der Waals surface area contributed by atoms with Crippen molar-refractivity contribution in [3.63, 3.8) is 0 Å². The van der Waals surface area contributed by atoms with Crippen LogP contribution < -0.4 is 27.2 Å². The molecule has 8 N–H and O–H groups in total. The summed E-state index contributed by atoms with van der Waals surface area (Å²) in [4.78, 5) is 8.33. The summed E-state index contributed by atoms with van der Waals surface area (Å²) in [7, 11) is 0. The Morgan fingerprint density at radius 3 is 0.900 bits per heavy atom. The molecule has 9 heteroatoms. The molecule has 0 saturated heterocycles. The van der Waals surface area contributed by atoms with E-state index in [1.54, 1.807) is 0 Å². The van der Waals surface area contributed by atoms with E-state index < -0.39 is 6.16 Å². The van der Waals surface area contributed by atoms with Gasteiger partial charge in [-0.05, 0) is 6.16 Å². The van der Waals surface area contributed by atoms with E-state index in [9.17, 15) is 0 Å². The summed E-state index contributed by atoms with van der Waals surface area (Å²) >= 11 is 0. The van der Waals surface area contributed by atoms with Gasteiger partial charge in [0, 0.05) is 0 Å². The van der Waals surface area contributed by atoms with E-state index >= 15 is 0 Å². The second-order valence-electron chi connectivity index (χ2n) is 0.250. The first-order chi connectivity index (χ1) is 1.73. The summed E-state index contributed by atoms with van der Waals surface area (Å²) < 4.78 is 0. The van der Waals surface area contributed by atoms with Gasteiger partial charge >= 0.3 is 16.8 Å². The molecule has 0 radical (unpaired) electrons. The number of carboxylic acid groups (broad SMARTS) is 2. The van der Waals surface area contributed by atoms with E-state index in [2.05, 4.69) is 0 Å². The summed E-state index contributed by atoms with van der Waals surface area (Å²) in [5, 5.41) is 16.7. The molecule has 10 heavy (non-hydrogen) atoms. The molecule has 0 saturated carbocycles. The van der Waals surface area contributed by atoms with Gasteiger partial charge in [-0.15, -0.1) is 0 Å². The zero-order valence-corrected chi connectivity index (χ0v) is 7.37. The van der Waals surface area contributed by atoms with Crippen molar-refractivity contribution in [3.05, 3.63) is 24.6 Å². The molecular formula is CH8BrCoN4O3-4. The van der Waals surface area contributed by atoms with Gasteiger partial charge < -0.3 is 56.6 Å². The zero-order chi connectivity index (χ0) is 3.58. The van der Waals surface area contributed by atoms with Crippen LogP contribution in [0.25, 0.3) is 24.6 Å². The first kappa shape index (κ1) is 87.1. The van der Waals surface area contributed by atoms with Gasteiger partial charge in [0.05, 0.1) is 0 Å². The van der Waals surface area contributed by atoms with Gasteiger partial charge in [0.25, 0.3) is 0 Å². The maximum atomic E-state index is 8.33. The van der Waals surface area contributed by atoms with Gasteiger partial charge in [0.2, 0.25) is 0 Å². The Kier molecular flexibility index (Phi) is 542. The van der Waals surface area contributed by atoms with Crippen LogP contribution in [0, 0.1) is 0 Å². The van der Waals surface area contributed by atoms with Crippen LogP contribution in [-0.2, 0) is 16.8 Å². The third kappa shape index (κ3) is 43800. The second kappa shape index (κ2) is 62.2. The largest absolute Gasteiger partial charge is 3.00 e. The molecule has 0 atom stereocenters. The third-order valence-electron chi connectivity index (χ3n) is 0. The molecule has 0 spiro atoms. The van der Waals surface area contributed by atoms with E-state index in [1.165, 1.54) is 0 Å². The molecule has 0 aliphatic heterocycles. The molecule has 0 rings (SSSR count). The van der Waals surface area contributed by atoms with Crippen molar-refractivity contribution in [2.75, 3.05) is 0 Å². The first-order valence-electron chi connectivity index (χ1n) is 0.612. The van der Waals surface area contributed by atoms with E-state index in [1.807, 2.05) is 0 Å². The molecule has 0 unspecified atom stereocenters. The molecule has 70 valence electrons. The number of hydrogen-bond donors (Lipinski definition) is 0. The van der Waals surface area contributed by atoms with E-state index in [-0.39, 0.29) is 58.4 Å². The minimum Gasteiger partial charge on any atom is -1.00 e. The summed E-state index contributed by atoms with van der Waals surface area (Å²) in [5.74, 6) is 0. The molecule has 0 fully saturated rings. The summed E-state index contributed by atoms with van der Waals surface area (Å²) in [6.45, 7) is 0. The van der Waals surface area contributed by atoms with Crippen molar-refractivity contribution >= 4 is 6.16 Å².